The Morgan fingerprint density at radius 1 is 1.41 bits per heavy atom. The predicted octanol–water partition coefficient (Wildman–Crippen LogP) is 2.08. The average Bonchev–Trinajstić information content (AvgIpc) is 2.51. The van der Waals surface area contributed by atoms with Gasteiger partial charge in [-0.3, -0.25) is 0 Å². The molecule has 1 atom stereocenters. The van der Waals surface area contributed by atoms with Gasteiger partial charge in [0.15, 0.2) is 0 Å². The molecule has 0 aliphatic heterocycles. The van der Waals surface area contributed by atoms with E-state index in [-0.39, 0.29) is 6.61 Å². The molecule has 0 spiro atoms. The first-order valence-electron chi connectivity index (χ1n) is 6.92. The van der Waals surface area contributed by atoms with Crippen LogP contribution >= 0.6 is 11.8 Å². The van der Waals surface area contributed by atoms with Crippen LogP contribution in [0.4, 0.5) is 10.5 Å². The van der Waals surface area contributed by atoms with Crippen LogP contribution in [-0.2, 0) is 9.53 Å². The van der Waals surface area contributed by atoms with E-state index in [1.807, 2.05) is 6.26 Å². The molecule has 2 amide bonds. The van der Waals surface area contributed by atoms with Crippen molar-refractivity contribution in [2.75, 3.05) is 24.3 Å². The minimum atomic E-state index is -0.677. The summed E-state index contributed by atoms with van der Waals surface area (Å²) in [6, 6.07) is 5.70. The highest BCUT2D eigenvalue weighted by Crippen LogP contribution is 2.05. The Morgan fingerprint density at radius 3 is 2.68 bits per heavy atom. The Hall–Kier alpha value is -2.02. The Balaban J connectivity index is 2.61. The smallest absolute Gasteiger partial charge is 0.341 e. The van der Waals surface area contributed by atoms with Crippen molar-refractivity contribution in [3.8, 4) is 0 Å². The Morgan fingerprint density at radius 2 is 2.09 bits per heavy atom. The number of nitrogens with zero attached hydrogens (tertiary/aromatic N) is 1. The van der Waals surface area contributed by atoms with Crippen molar-refractivity contribution in [3.63, 3.8) is 0 Å². The minimum Gasteiger partial charge on any atom is -0.464 e. The van der Waals surface area contributed by atoms with E-state index in [2.05, 4.69) is 10.3 Å². The molecule has 1 unspecified atom stereocenters. The molecule has 0 aromatic heterocycles. The van der Waals surface area contributed by atoms with Crippen LogP contribution in [0, 0.1) is 0 Å². The number of nitrogen functional groups attached to an aromatic ring is 1. The van der Waals surface area contributed by atoms with E-state index in [4.69, 9.17) is 10.5 Å². The Kier molecular flexibility index (Phi) is 8.06. The lowest BCUT2D eigenvalue weighted by atomic mass is 10.2. The molecule has 1 aromatic rings. The van der Waals surface area contributed by atoms with Gasteiger partial charge < -0.3 is 15.8 Å². The van der Waals surface area contributed by atoms with E-state index in [0.717, 1.165) is 11.3 Å². The quantitative estimate of drug-likeness (QED) is 0.455. The molecular weight excluding hydrogens is 302 g/mol. The number of thioether (sulfide) groups is 1. The lowest BCUT2D eigenvalue weighted by molar-refractivity contribution is -0.145. The average molecular weight is 323 g/mol. The lowest BCUT2D eigenvalue weighted by Gasteiger charge is -2.15. The summed E-state index contributed by atoms with van der Waals surface area (Å²) in [6.45, 7) is 2.00. The van der Waals surface area contributed by atoms with Gasteiger partial charge in [0.2, 0.25) is 0 Å². The van der Waals surface area contributed by atoms with E-state index in [1.165, 1.54) is 6.21 Å². The van der Waals surface area contributed by atoms with Crippen LogP contribution in [0.5, 0.6) is 0 Å². The Labute approximate surface area is 134 Å². The molecule has 120 valence electrons. The number of rotatable bonds is 7. The number of benzene rings is 1. The van der Waals surface area contributed by atoms with Gasteiger partial charge in [-0.1, -0.05) is 12.1 Å². The topological polar surface area (TPSA) is 93.8 Å². The number of carbonyl (C=O) groups is 2. The molecule has 0 aliphatic carbocycles. The minimum absolute atomic E-state index is 0.277. The summed E-state index contributed by atoms with van der Waals surface area (Å²) in [4.78, 5) is 27.4. The number of hydrogen-bond acceptors (Lipinski definition) is 5. The van der Waals surface area contributed by atoms with Crippen molar-refractivity contribution >= 4 is 35.7 Å². The number of anilines is 1. The number of urea groups is 1. The summed E-state index contributed by atoms with van der Waals surface area (Å²) in [5.74, 6) is 0.304. The van der Waals surface area contributed by atoms with Gasteiger partial charge in [-0.15, -0.1) is 0 Å². The number of carbonyl (C=O) groups excluding carboxylic acids is 2. The maximum atomic E-state index is 11.8. The van der Waals surface area contributed by atoms with E-state index in [0.29, 0.717) is 12.1 Å². The third-order valence-corrected chi connectivity index (χ3v) is 3.39. The Bertz CT molecular complexity index is 517. The fourth-order valence-corrected chi connectivity index (χ4v) is 2.10. The molecule has 6 nitrogen and oxygen atoms in total. The summed E-state index contributed by atoms with van der Waals surface area (Å²) in [7, 11) is 0. The van der Waals surface area contributed by atoms with Gasteiger partial charge in [0.25, 0.3) is 0 Å². The number of hydrogen-bond donors (Lipinski definition) is 2. The van der Waals surface area contributed by atoms with Crippen LogP contribution in [0.2, 0.25) is 0 Å². The standard InChI is InChI=1S/C15H21N3O3S/c1-3-21-14(19)13(8-9-22-2)18-15(20)17-10-11-4-6-12(16)7-5-11/h4-7,10,13H,3,8-9,16H2,1-2H3,(H,18,20). The van der Waals surface area contributed by atoms with E-state index >= 15 is 0 Å². The van der Waals surface area contributed by atoms with Crippen LogP contribution in [0.25, 0.3) is 0 Å². The van der Waals surface area contributed by atoms with E-state index < -0.39 is 18.0 Å². The largest absolute Gasteiger partial charge is 0.464 e. The SMILES string of the molecule is CCOC(=O)C(CCSC)NC(=O)N=Cc1ccc(N)cc1. The molecule has 1 rings (SSSR count). The van der Waals surface area contributed by atoms with Crippen molar-refractivity contribution in [3.05, 3.63) is 29.8 Å². The van der Waals surface area contributed by atoms with Gasteiger partial charge in [0.05, 0.1) is 6.61 Å². The third-order valence-electron chi connectivity index (χ3n) is 2.75. The fourth-order valence-electron chi connectivity index (χ4n) is 1.63. The second kappa shape index (κ2) is 9.83. The van der Waals surface area contributed by atoms with Crippen LogP contribution < -0.4 is 11.1 Å². The van der Waals surface area contributed by atoms with Crippen molar-refractivity contribution < 1.29 is 14.3 Å². The second-order valence-corrected chi connectivity index (χ2v) is 5.45. The zero-order chi connectivity index (χ0) is 16.4. The summed E-state index contributed by atoms with van der Waals surface area (Å²) in [6.07, 6.45) is 3.86. The summed E-state index contributed by atoms with van der Waals surface area (Å²) < 4.78 is 4.95. The van der Waals surface area contributed by atoms with Crippen molar-refractivity contribution in [2.45, 2.75) is 19.4 Å². The first-order valence-corrected chi connectivity index (χ1v) is 8.32. The number of amides is 2. The van der Waals surface area contributed by atoms with Gasteiger partial charge in [0, 0.05) is 11.9 Å². The van der Waals surface area contributed by atoms with Crippen molar-refractivity contribution in [1.82, 2.24) is 5.32 Å². The first-order chi connectivity index (χ1) is 10.6. The summed E-state index contributed by atoms with van der Waals surface area (Å²) in [5.41, 5.74) is 6.97. The number of ether oxygens (including phenoxy) is 1. The maximum Gasteiger partial charge on any atom is 0.341 e. The predicted molar refractivity (Wildman–Crippen MR) is 90.4 cm³/mol. The highest BCUT2D eigenvalue weighted by atomic mass is 32.2. The van der Waals surface area contributed by atoms with Gasteiger partial charge in [-0.25, -0.2) is 14.6 Å². The van der Waals surface area contributed by atoms with Crippen LogP contribution in [0.3, 0.4) is 0 Å². The first kappa shape index (κ1) is 18.0. The summed E-state index contributed by atoms with van der Waals surface area (Å²) >= 11 is 1.59. The van der Waals surface area contributed by atoms with Crippen LogP contribution in [0.15, 0.2) is 29.3 Å². The molecule has 0 saturated heterocycles. The molecule has 0 bridgehead atoms. The maximum absolute atomic E-state index is 11.8. The zero-order valence-electron chi connectivity index (χ0n) is 12.7. The molecule has 3 N–H and O–H groups in total. The molecule has 7 heteroatoms. The molecular formula is C15H21N3O3S. The van der Waals surface area contributed by atoms with E-state index in [9.17, 15) is 9.59 Å². The van der Waals surface area contributed by atoms with Gasteiger partial charge in [-0.05, 0) is 43.0 Å². The van der Waals surface area contributed by atoms with Crippen molar-refractivity contribution in [2.24, 2.45) is 4.99 Å². The molecule has 0 saturated carbocycles. The number of nitrogens with two attached hydrogens (primary N) is 1. The van der Waals surface area contributed by atoms with Gasteiger partial charge in [-0.2, -0.15) is 11.8 Å². The summed E-state index contributed by atoms with van der Waals surface area (Å²) in [5, 5.41) is 2.57. The van der Waals surface area contributed by atoms with Crippen molar-refractivity contribution in [1.29, 1.82) is 0 Å². The monoisotopic (exact) mass is 323 g/mol. The van der Waals surface area contributed by atoms with Gasteiger partial charge >= 0.3 is 12.0 Å². The van der Waals surface area contributed by atoms with E-state index in [1.54, 1.807) is 43.0 Å². The second-order valence-electron chi connectivity index (χ2n) is 4.46. The molecule has 0 fully saturated rings. The van der Waals surface area contributed by atoms with Gasteiger partial charge in [0.1, 0.15) is 6.04 Å². The third kappa shape index (κ3) is 6.62. The zero-order valence-corrected chi connectivity index (χ0v) is 13.6. The fraction of sp³-hybridized carbons (Fsp3) is 0.400. The number of aliphatic imine (C=N–C) groups is 1. The molecule has 0 radical (unpaired) electrons. The molecule has 0 heterocycles. The number of nitrogens with one attached hydrogen (secondary N) is 1. The molecule has 0 aliphatic rings. The number of esters is 1. The lowest BCUT2D eigenvalue weighted by Crippen LogP contribution is -2.41. The highest BCUT2D eigenvalue weighted by molar-refractivity contribution is 7.98. The highest BCUT2D eigenvalue weighted by Gasteiger charge is 2.21. The molecule has 22 heavy (non-hydrogen) atoms. The van der Waals surface area contributed by atoms with Crippen LogP contribution in [-0.4, -0.2) is 42.9 Å². The molecule has 1 aromatic carbocycles. The normalized spacial score (nSPS) is 12.1. The van der Waals surface area contributed by atoms with Crippen LogP contribution in [0.1, 0.15) is 18.9 Å².